The molecule has 3 rings (SSSR count). The van der Waals surface area contributed by atoms with Crippen LogP contribution in [0, 0.1) is 0 Å². The lowest BCUT2D eigenvalue weighted by Crippen LogP contribution is -2.40. The summed E-state index contributed by atoms with van der Waals surface area (Å²) in [7, 11) is 3.44. The number of aromatic nitrogens is 1. The Balaban J connectivity index is 1.96. The Morgan fingerprint density at radius 2 is 2.13 bits per heavy atom. The maximum atomic E-state index is 12.1. The third-order valence-electron chi connectivity index (χ3n) is 4.06. The van der Waals surface area contributed by atoms with Crippen LogP contribution in [0.3, 0.4) is 0 Å². The number of hydrogen-bond donors (Lipinski definition) is 2. The highest BCUT2D eigenvalue weighted by molar-refractivity contribution is 5.95. The number of fused-ring (bicyclic) bond motifs is 1. The molecule has 2 amide bonds. The number of phenols is 1. The highest BCUT2D eigenvalue weighted by atomic mass is 16.3. The molecule has 6 nitrogen and oxygen atoms in total. The van der Waals surface area contributed by atoms with E-state index in [1.54, 1.807) is 43.3 Å². The third kappa shape index (κ3) is 2.92. The largest absolute Gasteiger partial charge is 0.508 e. The normalized spacial score (nSPS) is 16.6. The van der Waals surface area contributed by atoms with Crippen LogP contribution >= 0.6 is 0 Å². The molecule has 2 aromatic rings. The highest BCUT2D eigenvalue weighted by Gasteiger charge is 2.27. The average molecular weight is 313 g/mol. The molecule has 0 fully saturated rings. The van der Waals surface area contributed by atoms with E-state index in [2.05, 4.69) is 5.32 Å². The molecule has 0 saturated heterocycles. The van der Waals surface area contributed by atoms with Gasteiger partial charge >= 0.3 is 0 Å². The predicted octanol–water partition coefficient (Wildman–Crippen LogP) is 1.62. The van der Waals surface area contributed by atoms with Crippen LogP contribution in [0.4, 0.5) is 0 Å². The van der Waals surface area contributed by atoms with Crippen molar-refractivity contribution in [2.75, 3.05) is 20.6 Å². The van der Waals surface area contributed by atoms with Crippen molar-refractivity contribution in [1.29, 1.82) is 0 Å². The number of nitrogens with zero attached hydrogens (tertiary/aromatic N) is 2. The first-order valence-electron chi connectivity index (χ1n) is 7.45. The number of carbonyl (C=O) groups is 2. The second-order valence-corrected chi connectivity index (χ2v) is 5.93. The first-order valence-corrected chi connectivity index (χ1v) is 7.45. The molecule has 1 aromatic carbocycles. The summed E-state index contributed by atoms with van der Waals surface area (Å²) >= 11 is 0. The molecule has 0 aliphatic carbocycles. The van der Waals surface area contributed by atoms with E-state index in [1.165, 1.54) is 0 Å². The fourth-order valence-corrected chi connectivity index (χ4v) is 2.76. The zero-order chi connectivity index (χ0) is 16.6. The van der Waals surface area contributed by atoms with Gasteiger partial charge in [-0.2, -0.15) is 0 Å². The van der Waals surface area contributed by atoms with Crippen LogP contribution in [0.2, 0.25) is 0 Å². The van der Waals surface area contributed by atoms with Crippen molar-refractivity contribution in [1.82, 2.24) is 14.8 Å². The van der Waals surface area contributed by atoms with Gasteiger partial charge in [0.1, 0.15) is 11.4 Å². The molecule has 1 aromatic heterocycles. The van der Waals surface area contributed by atoms with Crippen molar-refractivity contribution in [3.63, 3.8) is 0 Å². The minimum Gasteiger partial charge on any atom is -0.508 e. The number of amides is 2. The molecule has 0 spiro atoms. The Labute approximate surface area is 134 Å². The smallest absolute Gasteiger partial charge is 0.268 e. The molecule has 120 valence electrons. The average Bonchev–Trinajstić information content (AvgIpc) is 2.96. The lowest BCUT2D eigenvalue weighted by atomic mass is 10.1. The first kappa shape index (κ1) is 15.1. The van der Waals surface area contributed by atoms with E-state index < -0.39 is 0 Å². The van der Waals surface area contributed by atoms with Gasteiger partial charge in [0.2, 0.25) is 5.91 Å². The van der Waals surface area contributed by atoms with Gasteiger partial charge in [0.25, 0.3) is 5.91 Å². The zero-order valence-electron chi connectivity index (χ0n) is 13.1. The van der Waals surface area contributed by atoms with Gasteiger partial charge in [-0.3, -0.25) is 9.59 Å². The summed E-state index contributed by atoms with van der Waals surface area (Å²) in [6.07, 6.45) is 2.20. The SMILES string of the molecule is CN(C)C(=O)CC1CNC(=O)c2cc(-c3cccc(O)c3)cn21. The van der Waals surface area contributed by atoms with Crippen molar-refractivity contribution in [2.24, 2.45) is 0 Å². The molecular weight excluding hydrogens is 294 g/mol. The fraction of sp³-hybridized carbons (Fsp3) is 0.294. The van der Waals surface area contributed by atoms with Crippen molar-refractivity contribution in [2.45, 2.75) is 12.5 Å². The minimum atomic E-state index is -0.148. The summed E-state index contributed by atoms with van der Waals surface area (Å²) in [5, 5.41) is 12.5. The summed E-state index contributed by atoms with van der Waals surface area (Å²) in [6.45, 7) is 0.430. The Hall–Kier alpha value is -2.76. The molecule has 0 bridgehead atoms. The Kier molecular flexibility index (Phi) is 3.82. The fourth-order valence-electron chi connectivity index (χ4n) is 2.76. The van der Waals surface area contributed by atoms with Gasteiger partial charge in [-0.05, 0) is 23.8 Å². The molecule has 0 radical (unpaired) electrons. The Morgan fingerprint density at radius 1 is 1.35 bits per heavy atom. The first-order chi connectivity index (χ1) is 11.0. The summed E-state index contributed by atoms with van der Waals surface area (Å²) < 4.78 is 1.86. The molecule has 2 heterocycles. The summed E-state index contributed by atoms with van der Waals surface area (Å²) in [6, 6.07) is 8.57. The molecule has 6 heteroatoms. The number of aromatic hydroxyl groups is 1. The van der Waals surface area contributed by atoms with Crippen molar-refractivity contribution < 1.29 is 14.7 Å². The molecular formula is C17H19N3O3. The lowest BCUT2D eigenvalue weighted by molar-refractivity contribution is -0.129. The predicted molar refractivity (Wildman–Crippen MR) is 86.2 cm³/mol. The second kappa shape index (κ2) is 5.79. The number of nitrogens with one attached hydrogen (secondary N) is 1. The van der Waals surface area contributed by atoms with Gasteiger partial charge in [0.05, 0.1) is 6.04 Å². The summed E-state index contributed by atoms with van der Waals surface area (Å²) in [4.78, 5) is 25.6. The van der Waals surface area contributed by atoms with E-state index >= 15 is 0 Å². The number of carbonyl (C=O) groups excluding carboxylic acids is 2. The number of benzene rings is 1. The van der Waals surface area contributed by atoms with Crippen LogP contribution in [0.25, 0.3) is 11.1 Å². The third-order valence-corrected chi connectivity index (χ3v) is 4.06. The van der Waals surface area contributed by atoms with Crippen LogP contribution < -0.4 is 5.32 Å². The van der Waals surface area contributed by atoms with Crippen LogP contribution in [0.1, 0.15) is 23.0 Å². The highest BCUT2D eigenvalue weighted by Crippen LogP contribution is 2.29. The van der Waals surface area contributed by atoms with Crippen LogP contribution in [0.5, 0.6) is 5.75 Å². The van der Waals surface area contributed by atoms with E-state index in [-0.39, 0.29) is 23.6 Å². The monoisotopic (exact) mass is 313 g/mol. The van der Waals surface area contributed by atoms with Gasteiger partial charge in [-0.1, -0.05) is 12.1 Å². The standard InChI is InChI=1S/C17H19N3O3/c1-19(2)16(22)8-13-9-18-17(23)15-7-12(10-20(13)15)11-4-3-5-14(21)6-11/h3-7,10,13,21H,8-9H2,1-2H3,(H,18,23). The van der Waals surface area contributed by atoms with Gasteiger partial charge in [-0.15, -0.1) is 0 Å². The van der Waals surface area contributed by atoms with Gasteiger partial charge in [-0.25, -0.2) is 0 Å². The topological polar surface area (TPSA) is 74.6 Å². The van der Waals surface area contributed by atoms with E-state index in [4.69, 9.17) is 0 Å². The molecule has 1 unspecified atom stereocenters. The Morgan fingerprint density at radius 3 is 2.83 bits per heavy atom. The molecule has 1 aliphatic heterocycles. The van der Waals surface area contributed by atoms with Gasteiger partial charge in [0.15, 0.2) is 0 Å². The number of rotatable bonds is 3. The molecule has 2 N–H and O–H groups in total. The van der Waals surface area contributed by atoms with Gasteiger partial charge < -0.3 is 19.9 Å². The number of phenolic OH excluding ortho intramolecular Hbond substituents is 1. The van der Waals surface area contributed by atoms with Crippen LogP contribution in [0.15, 0.2) is 36.5 Å². The molecule has 0 saturated carbocycles. The molecule has 1 atom stereocenters. The van der Waals surface area contributed by atoms with Crippen molar-refractivity contribution in [3.05, 3.63) is 42.2 Å². The van der Waals surface area contributed by atoms with Gasteiger partial charge in [0, 0.05) is 38.8 Å². The lowest BCUT2D eigenvalue weighted by Gasteiger charge is -2.27. The quantitative estimate of drug-likeness (QED) is 0.904. The van der Waals surface area contributed by atoms with Crippen LogP contribution in [-0.2, 0) is 4.79 Å². The van der Waals surface area contributed by atoms with Crippen molar-refractivity contribution in [3.8, 4) is 16.9 Å². The summed E-state index contributed by atoms with van der Waals surface area (Å²) in [5.41, 5.74) is 2.21. The molecule has 23 heavy (non-hydrogen) atoms. The van der Waals surface area contributed by atoms with E-state index in [1.807, 2.05) is 16.8 Å². The van der Waals surface area contributed by atoms with Crippen molar-refractivity contribution >= 4 is 11.8 Å². The second-order valence-electron chi connectivity index (χ2n) is 5.93. The zero-order valence-corrected chi connectivity index (χ0v) is 13.1. The van der Waals surface area contributed by atoms with E-state index in [0.717, 1.165) is 11.1 Å². The maximum Gasteiger partial charge on any atom is 0.268 e. The van der Waals surface area contributed by atoms with Crippen LogP contribution in [-0.4, -0.2) is 47.0 Å². The number of hydrogen-bond acceptors (Lipinski definition) is 3. The maximum absolute atomic E-state index is 12.1. The van der Waals surface area contributed by atoms with E-state index in [0.29, 0.717) is 18.7 Å². The Bertz CT molecular complexity index is 764. The molecule has 1 aliphatic rings. The van der Waals surface area contributed by atoms with E-state index in [9.17, 15) is 14.7 Å². The minimum absolute atomic E-state index is 0.0182. The summed E-state index contributed by atoms with van der Waals surface area (Å²) in [5.74, 6) is 0.0464.